The van der Waals surface area contributed by atoms with E-state index in [1.54, 1.807) is 11.3 Å². The average molecular weight is 195 g/mol. The van der Waals surface area contributed by atoms with Crippen molar-refractivity contribution in [2.45, 2.75) is 31.2 Å². The highest BCUT2D eigenvalue weighted by molar-refractivity contribution is 7.09. The van der Waals surface area contributed by atoms with Crippen molar-refractivity contribution < 1.29 is 4.79 Å². The molecule has 1 aromatic heterocycles. The van der Waals surface area contributed by atoms with E-state index >= 15 is 0 Å². The van der Waals surface area contributed by atoms with Crippen LogP contribution in [0.1, 0.15) is 24.1 Å². The van der Waals surface area contributed by atoms with Crippen molar-refractivity contribution in [3.63, 3.8) is 0 Å². The van der Waals surface area contributed by atoms with Crippen LogP contribution in [-0.2, 0) is 11.2 Å². The van der Waals surface area contributed by atoms with Gasteiger partial charge in [0.15, 0.2) is 5.78 Å². The fraction of sp³-hybridized carbons (Fsp3) is 0.500. The molecule has 1 saturated carbocycles. The Morgan fingerprint density at radius 2 is 2.38 bits per heavy atom. The zero-order chi connectivity index (χ0) is 9.31. The summed E-state index contributed by atoms with van der Waals surface area (Å²) in [6.07, 6.45) is 3.24. The van der Waals surface area contributed by atoms with E-state index in [1.807, 2.05) is 11.4 Å². The number of nitrogens with two attached hydrogens (primary N) is 1. The molecule has 3 heteroatoms. The largest absolute Gasteiger partial charge is 0.319 e. The first-order valence-electron chi connectivity index (χ1n) is 4.55. The first-order valence-corrected chi connectivity index (χ1v) is 5.43. The van der Waals surface area contributed by atoms with Gasteiger partial charge in [0.2, 0.25) is 0 Å². The molecule has 13 heavy (non-hydrogen) atoms. The quantitative estimate of drug-likeness (QED) is 0.795. The third kappa shape index (κ3) is 1.98. The Kier molecular flexibility index (Phi) is 2.22. The van der Waals surface area contributed by atoms with E-state index in [4.69, 9.17) is 5.73 Å². The standard InChI is InChI=1S/C10H13NOS/c11-10(5-6-10)9(12)4-3-8-2-1-7-13-8/h1-2,7H,3-6,11H2. The zero-order valence-electron chi connectivity index (χ0n) is 7.45. The highest BCUT2D eigenvalue weighted by Crippen LogP contribution is 2.34. The van der Waals surface area contributed by atoms with Crippen LogP contribution in [0.2, 0.25) is 0 Å². The van der Waals surface area contributed by atoms with Gasteiger partial charge in [0.25, 0.3) is 0 Å². The molecule has 1 aromatic rings. The molecule has 70 valence electrons. The fourth-order valence-corrected chi connectivity index (χ4v) is 2.06. The lowest BCUT2D eigenvalue weighted by Gasteiger charge is -2.05. The van der Waals surface area contributed by atoms with Gasteiger partial charge in [-0.25, -0.2) is 0 Å². The Bertz CT molecular complexity index is 301. The first-order chi connectivity index (χ1) is 6.21. The van der Waals surface area contributed by atoms with Gasteiger partial charge < -0.3 is 5.73 Å². The van der Waals surface area contributed by atoms with Crippen LogP contribution in [0.25, 0.3) is 0 Å². The number of carbonyl (C=O) groups is 1. The zero-order valence-corrected chi connectivity index (χ0v) is 8.27. The van der Waals surface area contributed by atoms with Gasteiger partial charge in [-0.1, -0.05) is 6.07 Å². The van der Waals surface area contributed by atoms with Gasteiger partial charge in [-0.3, -0.25) is 4.79 Å². The molecular weight excluding hydrogens is 182 g/mol. The van der Waals surface area contributed by atoms with Crippen LogP contribution in [0.4, 0.5) is 0 Å². The summed E-state index contributed by atoms with van der Waals surface area (Å²) < 4.78 is 0. The van der Waals surface area contributed by atoms with E-state index in [0.29, 0.717) is 6.42 Å². The Labute approximate surface area is 81.8 Å². The van der Waals surface area contributed by atoms with Gasteiger partial charge in [-0.2, -0.15) is 0 Å². The number of thiophene rings is 1. The van der Waals surface area contributed by atoms with Gasteiger partial charge in [-0.05, 0) is 30.7 Å². The molecule has 0 saturated heterocycles. The normalized spacial score (nSPS) is 18.5. The summed E-state index contributed by atoms with van der Waals surface area (Å²) in [5, 5.41) is 2.04. The van der Waals surface area contributed by atoms with Crippen LogP contribution in [0.3, 0.4) is 0 Å². The second-order valence-corrected chi connectivity index (χ2v) is 4.69. The van der Waals surface area contributed by atoms with Crippen molar-refractivity contribution in [1.82, 2.24) is 0 Å². The van der Waals surface area contributed by atoms with Gasteiger partial charge in [0.1, 0.15) is 0 Å². The van der Waals surface area contributed by atoms with Gasteiger partial charge >= 0.3 is 0 Å². The van der Waals surface area contributed by atoms with Gasteiger partial charge in [-0.15, -0.1) is 11.3 Å². The smallest absolute Gasteiger partial charge is 0.153 e. The third-order valence-electron chi connectivity index (χ3n) is 2.52. The number of ketones is 1. The van der Waals surface area contributed by atoms with E-state index in [2.05, 4.69) is 6.07 Å². The predicted molar refractivity (Wildman–Crippen MR) is 53.8 cm³/mol. The monoisotopic (exact) mass is 195 g/mol. The van der Waals surface area contributed by atoms with Crippen LogP contribution in [0.15, 0.2) is 17.5 Å². The average Bonchev–Trinajstić information content (AvgIpc) is 2.70. The minimum Gasteiger partial charge on any atom is -0.319 e. The lowest BCUT2D eigenvalue weighted by molar-refractivity contribution is -0.121. The molecular formula is C10H13NOS. The Morgan fingerprint density at radius 1 is 1.62 bits per heavy atom. The van der Waals surface area contributed by atoms with Crippen LogP contribution in [0, 0.1) is 0 Å². The Morgan fingerprint density at radius 3 is 2.92 bits per heavy atom. The molecule has 1 aliphatic carbocycles. The second-order valence-electron chi connectivity index (χ2n) is 3.66. The summed E-state index contributed by atoms with van der Waals surface area (Å²) in [5.41, 5.74) is 5.35. The minimum atomic E-state index is -0.433. The van der Waals surface area contributed by atoms with Crippen LogP contribution in [-0.4, -0.2) is 11.3 Å². The highest BCUT2D eigenvalue weighted by Gasteiger charge is 2.44. The number of Topliss-reactive ketones (excluding diaryl/α,β-unsaturated/α-hetero) is 1. The van der Waals surface area contributed by atoms with Crippen molar-refractivity contribution in [3.05, 3.63) is 22.4 Å². The van der Waals surface area contributed by atoms with Crippen molar-refractivity contribution in [3.8, 4) is 0 Å². The highest BCUT2D eigenvalue weighted by atomic mass is 32.1. The molecule has 0 unspecified atom stereocenters. The number of carbonyl (C=O) groups excluding carboxylic acids is 1. The molecule has 0 bridgehead atoms. The number of hydrogen-bond donors (Lipinski definition) is 1. The number of aryl methyl sites for hydroxylation is 1. The molecule has 1 aliphatic rings. The van der Waals surface area contributed by atoms with Gasteiger partial charge in [0.05, 0.1) is 5.54 Å². The van der Waals surface area contributed by atoms with E-state index in [0.717, 1.165) is 19.3 Å². The molecule has 0 radical (unpaired) electrons. The molecule has 0 aromatic carbocycles. The summed E-state index contributed by atoms with van der Waals surface area (Å²) in [5.74, 6) is 0.237. The lowest BCUT2D eigenvalue weighted by Crippen LogP contribution is -2.32. The van der Waals surface area contributed by atoms with Crippen LogP contribution in [0.5, 0.6) is 0 Å². The van der Waals surface area contributed by atoms with E-state index in [-0.39, 0.29) is 5.78 Å². The molecule has 2 N–H and O–H groups in total. The summed E-state index contributed by atoms with van der Waals surface area (Å²) in [6.45, 7) is 0. The predicted octanol–water partition coefficient (Wildman–Crippen LogP) is 1.74. The summed E-state index contributed by atoms with van der Waals surface area (Å²) in [7, 11) is 0. The van der Waals surface area contributed by atoms with Crippen LogP contribution < -0.4 is 5.73 Å². The third-order valence-corrected chi connectivity index (χ3v) is 3.46. The molecule has 0 amide bonds. The first kappa shape index (κ1) is 8.91. The molecule has 2 nitrogen and oxygen atoms in total. The molecule has 2 rings (SSSR count). The van der Waals surface area contributed by atoms with Crippen molar-refractivity contribution in [2.75, 3.05) is 0 Å². The second kappa shape index (κ2) is 3.24. The van der Waals surface area contributed by atoms with E-state index < -0.39 is 5.54 Å². The number of rotatable bonds is 4. The van der Waals surface area contributed by atoms with Crippen molar-refractivity contribution >= 4 is 17.1 Å². The molecule has 1 fully saturated rings. The summed E-state index contributed by atoms with van der Waals surface area (Å²) in [4.78, 5) is 12.8. The maximum atomic E-state index is 11.5. The fourth-order valence-electron chi connectivity index (χ4n) is 1.35. The van der Waals surface area contributed by atoms with Crippen LogP contribution >= 0.6 is 11.3 Å². The molecule has 1 heterocycles. The molecule has 0 spiro atoms. The SMILES string of the molecule is NC1(C(=O)CCc2cccs2)CC1. The maximum Gasteiger partial charge on any atom is 0.153 e. The minimum absolute atomic E-state index is 0.237. The lowest BCUT2D eigenvalue weighted by atomic mass is 10.1. The van der Waals surface area contributed by atoms with E-state index in [1.165, 1.54) is 4.88 Å². The summed E-state index contributed by atoms with van der Waals surface area (Å²) in [6, 6.07) is 4.08. The Hall–Kier alpha value is -0.670. The van der Waals surface area contributed by atoms with Crippen molar-refractivity contribution in [2.24, 2.45) is 5.73 Å². The Balaban J connectivity index is 1.83. The van der Waals surface area contributed by atoms with Gasteiger partial charge in [0, 0.05) is 11.3 Å². The van der Waals surface area contributed by atoms with E-state index in [9.17, 15) is 4.79 Å². The molecule has 0 aliphatic heterocycles. The molecule has 0 atom stereocenters. The maximum absolute atomic E-state index is 11.5. The topological polar surface area (TPSA) is 43.1 Å². The summed E-state index contributed by atoms with van der Waals surface area (Å²) >= 11 is 1.70. The number of hydrogen-bond acceptors (Lipinski definition) is 3. The van der Waals surface area contributed by atoms with Crippen molar-refractivity contribution in [1.29, 1.82) is 0 Å².